The Balaban J connectivity index is 4.17. The normalized spacial score (nSPS) is 11.9. The van der Waals surface area contributed by atoms with Crippen molar-refractivity contribution in [3.05, 3.63) is 23.8 Å². The van der Waals surface area contributed by atoms with Gasteiger partial charge in [0, 0.05) is 6.08 Å². The second-order valence-corrected chi connectivity index (χ2v) is 2.65. The Morgan fingerprint density at radius 1 is 1.38 bits per heavy atom. The predicted octanol–water partition coefficient (Wildman–Crippen LogP) is 1.94. The smallest absolute Gasteiger partial charge is 0.328 e. The number of carboxylic acids is 1. The summed E-state index contributed by atoms with van der Waals surface area (Å²) in [6, 6.07) is 0. The van der Waals surface area contributed by atoms with Crippen LogP contribution in [0.5, 0.6) is 0 Å². The van der Waals surface area contributed by atoms with Gasteiger partial charge in [0.25, 0.3) is 0 Å². The van der Waals surface area contributed by atoms with E-state index in [1.165, 1.54) is 12.2 Å². The topological polar surface area (TPSA) is 54.4 Å². The number of aldehydes is 1. The highest BCUT2D eigenvalue weighted by atomic mass is 16.4. The van der Waals surface area contributed by atoms with Gasteiger partial charge < -0.3 is 5.11 Å². The van der Waals surface area contributed by atoms with Gasteiger partial charge in [-0.25, -0.2) is 4.79 Å². The van der Waals surface area contributed by atoms with E-state index in [1.54, 1.807) is 0 Å². The Hall–Kier alpha value is -1.38. The molecule has 0 fully saturated rings. The number of hydrogen-bond donors (Lipinski definition) is 1. The molecule has 0 saturated heterocycles. The number of aliphatic carboxylic acids is 1. The molecule has 13 heavy (non-hydrogen) atoms. The van der Waals surface area contributed by atoms with E-state index in [2.05, 4.69) is 0 Å². The minimum atomic E-state index is -0.992. The molecule has 0 heterocycles. The van der Waals surface area contributed by atoms with Gasteiger partial charge in [0.1, 0.15) is 6.29 Å². The molecule has 72 valence electrons. The number of rotatable bonds is 6. The van der Waals surface area contributed by atoms with Gasteiger partial charge in [-0.2, -0.15) is 0 Å². The summed E-state index contributed by atoms with van der Waals surface area (Å²) < 4.78 is 0. The van der Waals surface area contributed by atoms with Crippen molar-refractivity contribution in [1.82, 2.24) is 0 Å². The summed E-state index contributed by atoms with van der Waals surface area (Å²) in [6.07, 6.45) is 7.32. The summed E-state index contributed by atoms with van der Waals surface area (Å²) >= 11 is 0. The number of carbonyl (C=O) groups is 2. The summed E-state index contributed by atoms with van der Waals surface area (Å²) in [7, 11) is 0. The van der Waals surface area contributed by atoms with Crippen molar-refractivity contribution in [3.63, 3.8) is 0 Å². The van der Waals surface area contributed by atoms with E-state index in [0.29, 0.717) is 6.29 Å². The van der Waals surface area contributed by atoms with Crippen LogP contribution in [-0.2, 0) is 9.59 Å². The molecular formula is C10H14O3. The molecule has 0 aromatic carbocycles. The summed E-state index contributed by atoms with van der Waals surface area (Å²) in [6.45, 7) is 2.04. The largest absolute Gasteiger partial charge is 0.478 e. The Morgan fingerprint density at radius 3 is 2.54 bits per heavy atom. The van der Waals surface area contributed by atoms with Crippen LogP contribution in [0.15, 0.2) is 23.8 Å². The third-order valence-corrected chi connectivity index (χ3v) is 1.54. The fraction of sp³-hybridized carbons (Fsp3) is 0.400. The molecule has 0 amide bonds. The Morgan fingerprint density at radius 2 is 2.08 bits per heavy atom. The molecule has 3 heteroatoms. The maximum Gasteiger partial charge on any atom is 0.328 e. The first-order chi connectivity index (χ1) is 6.20. The maximum atomic E-state index is 10.2. The Labute approximate surface area is 77.8 Å². The minimum Gasteiger partial charge on any atom is -0.478 e. The third kappa shape index (κ3) is 7.00. The molecule has 0 aliphatic rings. The molecule has 0 rings (SSSR count). The second-order valence-electron chi connectivity index (χ2n) is 2.65. The van der Waals surface area contributed by atoms with Crippen molar-refractivity contribution in [1.29, 1.82) is 0 Å². The maximum absolute atomic E-state index is 10.2. The van der Waals surface area contributed by atoms with Crippen LogP contribution in [0.4, 0.5) is 0 Å². The molecule has 0 atom stereocenters. The number of carboxylic acid groups (broad SMARTS) is 1. The summed E-state index contributed by atoms with van der Waals surface area (Å²) in [4.78, 5) is 20.3. The lowest BCUT2D eigenvalue weighted by molar-refractivity contribution is -0.131. The van der Waals surface area contributed by atoms with Gasteiger partial charge in [-0.1, -0.05) is 19.4 Å². The zero-order chi connectivity index (χ0) is 10.1. The highest BCUT2D eigenvalue weighted by Gasteiger charge is 1.93. The summed E-state index contributed by atoms with van der Waals surface area (Å²) in [5.41, 5.74) is 0.763. The third-order valence-electron chi connectivity index (χ3n) is 1.54. The molecule has 0 aliphatic carbocycles. The molecule has 0 unspecified atom stereocenters. The summed E-state index contributed by atoms with van der Waals surface area (Å²) in [5, 5.41) is 8.35. The van der Waals surface area contributed by atoms with Crippen LogP contribution >= 0.6 is 0 Å². The quantitative estimate of drug-likeness (QED) is 0.388. The van der Waals surface area contributed by atoms with Crippen LogP contribution in [0.3, 0.4) is 0 Å². The lowest BCUT2D eigenvalue weighted by atomic mass is 10.1. The molecule has 0 aliphatic heterocycles. The van der Waals surface area contributed by atoms with Crippen LogP contribution in [0.2, 0.25) is 0 Å². The SMILES string of the molecule is CCCCC(/C=C\C(=O)O)=C/C=O. The molecule has 1 N–H and O–H groups in total. The Bertz CT molecular complexity index is 226. The highest BCUT2D eigenvalue weighted by molar-refractivity contribution is 5.80. The van der Waals surface area contributed by atoms with Crippen molar-refractivity contribution in [2.24, 2.45) is 0 Å². The van der Waals surface area contributed by atoms with E-state index in [1.807, 2.05) is 6.92 Å². The molecule has 0 aromatic rings. The minimum absolute atomic E-state index is 0.678. The molecule has 0 bridgehead atoms. The van der Waals surface area contributed by atoms with Crippen LogP contribution in [-0.4, -0.2) is 17.4 Å². The van der Waals surface area contributed by atoms with E-state index < -0.39 is 5.97 Å². The number of allylic oxidation sites excluding steroid dienone is 3. The van der Waals surface area contributed by atoms with Crippen LogP contribution in [0.25, 0.3) is 0 Å². The van der Waals surface area contributed by atoms with Gasteiger partial charge >= 0.3 is 5.97 Å². The molecule has 0 spiro atoms. The highest BCUT2D eigenvalue weighted by Crippen LogP contribution is 2.07. The first kappa shape index (κ1) is 11.6. The molecule has 0 radical (unpaired) electrons. The van der Waals surface area contributed by atoms with Crippen molar-refractivity contribution in [2.75, 3.05) is 0 Å². The van der Waals surface area contributed by atoms with E-state index in [4.69, 9.17) is 5.11 Å². The van der Waals surface area contributed by atoms with Gasteiger partial charge in [-0.05, 0) is 24.5 Å². The van der Waals surface area contributed by atoms with Gasteiger partial charge in [0.2, 0.25) is 0 Å². The zero-order valence-corrected chi connectivity index (χ0v) is 7.69. The average Bonchev–Trinajstić information content (AvgIpc) is 2.09. The molecule has 0 saturated carbocycles. The fourth-order valence-electron chi connectivity index (χ4n) is 0.869. The Kier molecular flexibility index (Phi) is 6.51. The van der Waals surface area contributed by atoms with Gasteiger partial charge in [-0.3, -0.25) is 4.79 Å². The van der Waals surface area contributed by atoms with Crippen molar-refractivity contribution < 1.29 is 14.7 Å². The van der Waals surface area contributed by atoms with E-state index in [9.17, 15) is 9.59 Å². The number of unbranched alkanes of at least 4 members (excludes halogenated alkanes) is 1. The first-order valence-corrected chi connectivity index (χ1v) is 4.26. The number of hydrogen-bond acceptors (Lipinski definition) is 2. The molecule has 3 nitrogen and oxygen atoms in total. The van der Waals surface area contributed by atoms with Gasteiger partial charge in [-0.15, -0.1) is 0 Å². The van der Waals surface area contributed by atoms with Crippen molar-refractivity contribution in [3.8, 4) is 0 Å². The van der Waals surface area contributed by atoms with Gasteiger partial charge in [0.05, 0.1) is 0 Å². The fourth-order valence-corrected chi connectivity index (χ4v) is 0.869. The monoisotopic (exact) mass is 182 g/mol. The lowest BCUT2D eigenvalue weighted by Gasteiger charge is -1.97. The van der Waals surface area contributed by atoms with Crippen LogP contribution < -0.4 is 0 Å². The standard InChI is InChI=1S/C10H14O3/c1-2-3-4-9(7-8-11)5-6-10(12)13/h5-8H,2-4H2,1H3,(H,12,13)/b6-5-,9-7-. The van der Waals surface area contributed by atoms with Gasteiger partial charge in [0.15, 0.2) is 0 Å². The zero-order valence-electron chi connectivity index (χ0n) is 7.69. The average molecular weight is 182 g/mol. The first-order valence-electron chi connectivity index (χ1n) is 4.26. The van der Waals surface area contributed by atoms with E-state index in [-0.39, 0.29) is 0 Å². The summed E-state index contributed by atoms with van der Waals surface area (Å²) in [5.74, 6) is -0.992. The van der Waals surface area contributed by atoms with Crippen molar-refractivity contribution >= 4 is 12.3 Å². The van der Waals surface area contributed by atoms with E-state index in [0.717, 1.165) is 30.9 Å². The lowest BCUT2D eigenvalue weighted by Crippen LogP contribution is -1.88. The second kappa shape index (κ2) is 7.28. The number of carbonyl (C=O) groups excluding carboxylic acids is 1. The molecular weight excluding hydrogens is 168 g/mol. The molecule has 0 aromatic heterocycles. The van der Waals surface area contributed by atoms with Crippen LogP contribution in [0, 0.1) is 0 Å². The van der Waals surface area contributed by atoms with Crippen LogP contribution in [0.1, 0.15) is 26.2 Å². The van der Waals surface area contributed by atoms with Crippen molar-refractivity contribution in [2.45, 2.75) is 26.2 Å². The predicted molar refractivity (Wildman–Crippen MR) is 50.4 cm³/mol. The van der Waals surface area contributed by atoms with E-state index >= 15 is 0 Å².